The van der Waals surface area contributed by atoms with Gasteiger partial charge in [0.2, 0.25) is 0 Å². The van der Waals surface area contributed by atoms with Crippen LogP contribution in [0.3, 0.4) is 0 Å². The largest absolute Gasteiger partial charge is 0.417 e. The molecule has 0 atom stereocenters. The molecule has 0 radical (unpaired) electrons. The highest BCUT2D eigenvalue weighted by Gasteiger charge is 2.16. The summed E-state index contributed by atoms with van der Waals surface area (Å²) in [7, 11) is -3.78. The van der Waals surface area contributed by atoms with E-state index in [0.29, 0.717) is 23.2 Å². The lowest BCUT2D eigenvalue weighted by Gasteiger charge is -2.08. The first-order chi connectivity index (χ1) is 11.0. The van der Waals surface area contributed by atoms with Gasteiger partial charge in [0.1, 0.15) is 0 Å². The molecule has 3 aromatic rings. The van der Waals surface area contributed by atoms with Crippen molar-refractivity contribution < 1.29 is 17.9 Å². The Kier molecular flexibility index (Phi) is 3.93. The van der Waals surface area contributed by atoms with E-state index in [1.165, 1.54) is 18.2 Å². The molecule has 0 saturated carbocycles. The zero-order valence-corrected chi connectivity index (χ0v) is 12.8. The van der Waals surface area contributed by atoms with Gasteiger partial charge in [0.15, 0.2) is 5.58 Å². The molecule has 0 saturated heterocycles. The molecule has 0 aliphatic carbocycles. The highest BCUT2D eigenvalue weighted by Crippen LogP contribution is 2.20. The summed E-state index contributed by atoms with van der Waals surface area (Å²) in [6, 6.07) is 10.9. The summed E-state index contributed by atoms with van der Waals surface area (Å²) in [4.78, 5) is 13.6. The van der Waals surface area contributed by atoms with E-state index in [1.54, 1.807) is 24.3 Å². The Balaban J connectivity index is 1.88. The average molecular weight is 334 g/mol. The Morgan fingerprint density at radius 3 is 2.57 bits per heavy atom. The van der Waals surface area contributed by atoms with Crippen LogP contribution in [0.5, 0.6) is 0 Å². The average Bonchev–Trinajstić information content (AvgIpc) is 2.88. The van der Waals surface area contributed by atoms with E-state index < -0.39 is 15.8 Å². The number of hydrogen-bond acceptors (Lipinski definition) is 5. The number of aliphatic hydroxyl groups excluding tert-OH is 1. The van der Waals surface area contributed by atoms with Crippen molar-refractivity contribution in [3.63, 3.8) is 0 Å². The summed E-state index contributed by atoms with van der Waals surface area (Å²) < 4.78 is 32.1. The molecule has 7 nitrogen and oxygen atoms in total. The van der Waals surface area contributed by atoms with Gasteiger partial charge in [0.25, 0.3) is 10.0 Å². The lowest BCUT2D eigenvalue weighted by molar-refractivity contribution is 0.299. The van der Waals surface area contributed by atoms with Crippen molar-refractivity contribution in [3.05, 3.63) is 58.6 Å². The van der Waals surface area contributed by atoms with Gasteiger partial charge in [-0.2, -0.15) is 0 Å². The van der Waals surface area contributed by atoms with Crippen LogP contribution in [0.25, 0.3) is 11.1 Å². The van der Waals surface area contributed by atoms with E-state index in [0.717, 1.165) is 5.56 Å². The molecule has 0 bridgehead atoms. The molecule has 0 amide bonds. The summed E-state index contributed by atoms with van der Waals surface area (Å²) in [6.07, 6.45) is 0.511. The van der Waals surface area contributed by atoms with Crippen LogP contribution < -0.4 is 10.5 Å². The van der Waals surface area contributed by atoms with Gasteiger partial charge in [0, 0.05) is 12.3 Å². The van der Waals surface area contributed by atoms with E-state index in [2.05, 4.69) is 9.71 Å². The van der Waals surface area contributed by atoms with E-state index in [9.17, 15) is 13.2 Å². The third kappa shape index (κ3) is 3.27. The van der Waals surface area contributed by atoms with Crippen LogP contribution in [0.15, 0.2) is 56.6 Å². The third-order valence-electron chi connectivity index (χ3n) is 3.31. The molecule has 0 aliphatic heterocycles. The number of aromatic nitrogens is 1. The molecule has 0 spiro atoms. The fraction of sp³-hybridized carbons (Fsp3) is 0.133. The number of aliphatic hydroxyl groups is 1. The third-order valence-corrected chi connectivity index (χ3v) is 4.69. The summed E-state index contributed by atoms with van der Waals surface area (Å²) in [5, 5.41) is 8.87. The zero-order chi connectivity index (χ0) is 16.4. The fourth-order valence-electron chi connectivity index (χ4n) is 2.18. The van der Waals surface area contributed by atoms with Crippen molar-refractivity contribution in [2.45, 2.75) is 11.3 Å². The number of rotatable bonds is 5. The first-order valence-corrected chi connectivity index (χ1v) is 8.32. The lowest BCUT2D eigenvalue weighted by Crippen LogP contribution is -2.12. The van der Waals surface area contributed by atoms with Crippen molar-refractivity contribution in [2.75, 3.05) is 11.3 Å². The normalized spacial score (nSPS) is 11.7. The molecular weight excluding hydrogens is 320 g/mol. The second kappa shape index (κ2) is 5.90. The molecule has 3 rings (SSSR count). The molecule has 0 fully saturated rings. The van der Waals surface area contributed by atoms with Crippen LogP contribution in [-0.4, -0.2) is 25.1 Å². The smallest absolute Gasteiger partial charge is 0.408 e. The van der Waals surface area contributed by atoms with Crippen molar-refractivity contribution in [3.8, 4) is 0 Å². The van der Waals surface area contributed by atoms with Crippen molar-refractivity contribution in [2.24, 2.45) is 0 Å². The maximum absolute atomic E-state index is 12.4. The van der Waals surface area contributed by atoms with Gasteiger partial charge in [0.05, 0.1) is 10.4 Å². The summed E-state index contributed by atoms with van der Waals surface area (Å²) >= 11 is 0. The van der Waals surface area contributed by atoms with Gasteiger partial charge in [-0.25, -0.2) is 13.2 Å². The summed E-state index contributed by atoms with van der Waals surface area (Å²) in [5.74, 6) is -0.637. The highest BCUT2D eigenvalue weighted by molar-refractivity contribution is 7.92. The van der Waals surface area contributed by atoms with Gasteiger partial charge in [-0.15, -0.1) is 0 Å². The Hall–Kier alpha value is -2.58. The summed E-state index contributed by atoms with van der Waals surface area (Å²) in [6.45, 7) is 0.0357. The van der Waals surface area contributed by atoms with E-state index >= 15 is 0 Å². The number of nitrogens with one attached hydrogen (secondary N) is 2. The summed E-state index contributed by atoms with van der Waals surface area (Å²) in [5.41, 5.74) is 1.93. The maximum atomic E-state index is 12.4. The first-order valence-electron chi connectivity index (χ1n) is 6.83. The van der Waals surface area contributed by atoms with Crippen molar-refractivity contribution in [1.29, 1.82) is 0 Å². The van der Waals surface area contributed by atoms with Gasteiger partial charge >= 0.3 is 5.76 Å². The number of benzene rings is 2. The minimum absolute atomic E-state index is 0.0153. The number of fused-ring (bicyclic) bond motifs is 1. The van der Waals surface area contributed by atoms with E-state index in [4.69, 9.17) is 9.52 Å². The zero-order valence-electron chi connectivity index (χ0n) is 11.9. The molecule has 0 unspecified atom stereocenters. The standard InChI is InChI=1S/C15H14N2O5S/c18-8-7-10-1-3-11(4-2-10)17-23(20,21)12-5-6-14-13(9-12)16-15(19)22-14/h1-6,9,17-18H,7-8H2,(H,16,19). The SMILES string of the molecule is O=c1[nH]c2cc(S(=O)(=O)Nc3ccc(CCO)cc3)ccc2o1. The van der Waals surface area contributed by atoms with Crippen LogP contribution in [0, 0.1) is 0 Å². The monoisotopic (exact) mass is 334 g/mol. The van der Waals surface area contributed by atoms with E-state index in [1.807, 2.05) is 0 Å². The lowest BCUT2D eigenvalue weighted by atomic mass is 10.1. The molecule has 8 heteroatoms. The predicted molar refractivity (Wildman–Crippen MR) is 84.9 cm³/mol. The molecule has 120 valence electrons. The minimum atomic E-state index is -3.78. The molecule has 1 aromatic heterocycles. The van der Waals surface area contributed by atoms with Crippen LogP contribution in [0.1, 0.15) is 5.56 Å². The molecule has 2 aromatic carbocycles. The van der Waals surface area contributed by atoms with Gasteiger partial charge in [-0.3, -0.25) is 9.71 Å². The molecule has 0 aliphatic rings. The van der Waals surface area contributed by atoms with Crippen LogP contribution >= 0.6 is 0 Å². The number of H-pyrrole nitrogens is 1. The quantitative estimate of drug-likeness (QED) is 0.654. The van der Waals surface area contributed by atoms with Gasteiger partial charge in [-0.1, -0.05) is 12.1 Å². The van der Waals surface area contributed by atoms with Crippen molar-refractivity contribution in [1.82, 2.24) is 4.98 Å². The van der Waals surface area contributed by atoms with Gasteiger partial charge < -0.3 is 9.52 Å². The number of oxazole rings is 1. The molecule has 3 N–H and O–H groups in total. The maximum Gasteiger partial charge on any atom is 0.417 e. The second-order valence-corrected chi connectivity index (χ2v) is 6.63. The van der Waals surface area contributed by atoms with E-state index in [-0.39, 0.29) is 11.5 Å². The number of aromatic amines is 1. The van der Waals surface area contributed by atoms with Crippen molar-refractivity contribution >= 4 is 26.8 Å². The Bertz CT molecular complexity index is 987. The molecule has 1 heterocycles. The Morgan fingerprint density at radius 1 is 1.13 bits per heavy atom. The number of sulfonamides is 1. The number of anilines is 1. The Morgan fingerprint density at radius 2 is 1.87 bits per heavy atom. The highest BCUT2D eigenvalue weighted by atomic mass is 32.2. The first kappa shape index (κ1) is 15.3. The Labute approximate surface area is 131 Å². The van der Waals surface area contributed by atoms with Crippen LogP contribution in [-0.2, 0) is 16.4 Å². The number of hydrogen-bond donors (Lipinski definition) is 3. The van der Waals surface area contributed by atoms with Crippen LogP contribution in [0.2, 0.25) is 0 Å². The van der Waals surface area contributed by atoms with Crippen LogP contribution in [0.4, 0.5) is 5.69 Å². The topological polar surface area (TPSA) is 112 Å². The van der Waals surface area contributed by atoms with Gasteiger partial charge in [-0.05, 0) is 42.3 Å². The fourth-order valence-corrected chi connectivity index (χ4v) is 3.27. The molecule has 23 heavy (non-hydrogen) atoms. The predicted octanol–water partition coefficient (Wildman–Crippen LogP) is 1.46. The molecular formula is C15H14N2O5S. The second-order valence-electron chi connectivity index (χ2n) is 4.95. The minimum Gasteiger partial charge on any atom is -0.408 e.